The molecular formula is C16H15NO2. The third-order valence-corrected chi connectivity index (χ3v) is 3.20. The van der Waals surface area contributed by atoms with Gasteiger partial charge >= 0.3 is 0 Å². The number of hydrogen-bond acceptors (Lipinski definition) is 3. The van der Waals surface area contributed by atoms with Crippen LogP contribution in [0.5, 0.6) is 0 Å². The van der Waals surface area contributed by atoms with Crippen molar-refractivity contribution < 1.29 is 9.94 Å². The number of benzene rings is 2. The van der Waals surface area contributed by atoms with Crippen molar-refractivity contribution in [2.24, 2.45) is 0 Å². The zero-order chi connectivity index (χ0) is 13.3. The highest BCUT2D eigenvalue weighted by molar-refractivity contribution is 5.73. The number of hydrogen-bond donors (Lipinski definition) is 1. The van der Waals surface area contributed by atoms with Gasteiger partial charge in [-0.25, -0.2) is 4.84 Å². The van der Waals surface area contributed by atoms with Gasteiger partial charge in [0.2, 0.25) is 5.79 Å². The van der Waals surface area contributed by atoms with Gasteiger partial charge in [-0.1, -0.05) is 60.7 Å². The van der Waals surface area contributed by atoms with Crippen LogP contribution in [-0.2, 0) is 10.6 Å². The summed E-state index contributed by atoms with van der Waals surface area (Å²) in [6, 6.07) is 19.2. The minimum absolute atomic E-state index is 0.717. The lowest BCUT2D eigenvalue weighted by Crippen LogP contribution is -2.29. The van der Waals surface area contributed by atoms with Crippen LogP contribution in [0.4, 0.5) is 0 Å². The van der Waals surface area contributed by atoms with Crippen molar-refractivity contribution >= 4 is 5.57 Å². The zero-order valence-corrected chi connectivity index (χ0v) is 10.7. The van der Waals surface area contributed by atoms with Crippen LogP contribution in [0, 0.1) is 0 Å². The minimum Gasteiger partial charge on any atom is -0.357 e. The van der Waals surface area contributed by atoms with E-state index in [0.29, 0.717) is 0 Å². The van der Waals surface area contributed by atoms with E-state index in [0.717, 1.165) is 16.7 Å². The van der Waals surface area contributed by atoms with E-state index in [9.17, 15) is 5.11 Å². The second kappa shape index (κ2) is 4.53. The average Bonchev–Trinajstić information content (AvgIpc) is 2.77. The van der Waals surface area contributed by atoms with Gasteiger partial charge in [0.05, 0.1) is 0 Å². The second-order valence-corrected chi connectivity index (χ2v) is 4.56. The van der Waals surface area contributed by atoms with E-state index >= 15 is 0 Å². The summed E-state index contributed by atoms with van der Waals surface area (Å²) in [4.78, 5) is 5.60. The van der Waals surface area contributed by atoms with Crippen molar-refractivity contribution in [3.8, 4) is 0 Å². The molecule has 1 N–H and O–H groups in total. The summed E-state index contributed by atoms with van der Waals surface area (Å²) < 4.78 is 0. The molecule has 0 saturated carbocycles. The van der Waals surface area contributed by atoms with Gasteiger partial charge in [0.25, 0.3) is 0 Å². The van der Waals surface area contributed by atoms with Crippen molar-refractivity contribution in [2.75, 3.05) is 7.05 Å². The SMILES string of the molecule is CN1C=C(c2ccccc2)C(O)(c2ccccc2)O1. The highest BCUT2D eigenvalue weighted by atomic mass is 16.8. The summed E-state index contributed by atoms with van der Waals surface area (Å²) in [5, 5.41) is 12.5. The van der Waals surface area contributed by atoms with Gasteiger partial charge in [0.15, 0.2) is 0 Å². The largest absolute Gasteiger partial charge is 0.357 e. The van der Waals surface area contributed by atoms with E-state index < -0.39 is 5.79 Å². The summed E-state index contributed by atoms with van der Waals surface area (Å²) in [6.07, 6.45) is 1.81. The maximum atomic E-state index is 10.9. The van der Waals surface area contributed by atoms with Gasteiger partial charge in [0, 0.05) is 24.4 Å². The molecule has 1 unspecified atom stereocenters. The van der Waals surface area contributed by atoms with Gasteiger partial charge in [-0.05, 0) is 5.56 Å². The van der Waals surface area contributed by atoms with E-state index in [4.69, 9.17) is 4.84 Å². The first-order valence-electron chi connectivity index (χ1n) is 6.18. The normalized spacial score (nSPS) is 22.4. The molecule has 0 amide bonds. The summed E-state index contributed by atoms with van der Waals surface area (Å²) >= 11 is 0. The average molecular weight is 253 g/mol. The smallest absolute Gasteiger partial charge is 0.246 e. The molecular weight excluding hydrogens is 238 g/mol. The Bertz CT molecular complexity index is 595. The maximum Gasteiger partial charge on any atom is 0.246 e. The zero-order valence-electron chi connectivity index (χ0n) is 10.7. The van der Waals surface area contributed by atoms with E-state index in [1.54, 1.807) is 7.05 Å². The molecule has 0 bridgehead atoms. The maximum absolute atomic E-state index is 10.9. The monoisotopic (exact) mass is 253 g/mol. The third-order valence-electron chi connectivity index (χ3n) is 3.20. The van der Waals surface area contributed by atoms with Crippen molar-refractivity contribution in [3.63, 3.8) is 0 Å². The van der Waals surface area contributed by atoms with Gasteiger partial charge in [0.1, 0.15) is 0 Å². The van der Waals surface area contributed by atoms with Crippen molar-refractivity contribution in [2.45, 2.75) is 5.79 Å². The Labute approximate surface area is 112 Å². The summed E-state index contributed by atoms with van der Waals surface area (Å²) in [6.45, 7) is 0. The van der Waals surface area contributed by atoms with Crippen LogP contribution in [0.3, 0.4) is 0 Å². The molecule has 0 saturated heterocycles. The number of rotatable bonds is 2. The summed E-state index contributed by atoms with van der Waals surface area (Å²) in [5.74, 6) is -1.43. The van der Waals surface area contributed by atoms with E-state index in [-0.39, 0.29) is 0 Å². The molecule has 0 fully saturated rings. The topological polar surface area (TPSA) is 32.7 Å². The molecule has 1 atom stereocenters. The predicted molar refractivity (Wildman–Crippen MR) is 73.6 cm³/mol. The van der Waals surface area contributed by atoms with Crippen LogP contribution in [0.2, 0.25) is 0 Å². The molecule has 0 aliphatic carbocycles. The van der Waals surface area contributed by atoms with Gasteiger partial charge in [-0.15, -0.1) is 0 Å². The van der Waals surface area contributed by atoms with Crippen LogP contribution in [-0.4, -0.2) is 17.2 Å². The van der Waals surface area contributed by atoms with E-state index in [1.807, 2.05) is 66.9 Å². The summed E-state index contributed by atoms with van der Waals surface area (Å²) in [5.41, 5.74) is 2.40. The highest BCUT2D eigenvalue weighted by Crippen LogP contribution is 2.42. The number of nitrogens with zero attached hydrogens (tertiary/aromatic N) is 1. The Balaban J connectivity index is 2.09. The first-order valence-corrected chi connectivity index (χ1v) is 6.18. The quantitative estimate of drug-likeness (QED) is 0.893. The molecule has 1 aliphatic heterocycles. The third kappa shape index (κ3) is 2.03. The van der Waals surface area contributed by atoms with Gasteiger partial charge in [-0.3, -0.25) is 5.06 Å². The lowest BCUT2D eigenvalue weighted by Gasteiger charge is -2.26. The molecule has 3 nitrogen and oxygen atoms in total. The standard InChI is InChI=1S/C16H15NO2/c1-17-12-15(13-8-4-2-5-9-13)16(18,19-17)14-10-6-3-7-11-14/h2-12,18H,1H3. The molecule has 1 aliphatic rings. The van der Waals surface area contributed by atoms with E-state index in [2.05, 4.69) is 0 Å². The fourth-order valence-corrected chi connectivity index (χ4v) is 2.31. The number of hydroxylamine groups is 2. The Morgan fingerprint density at radius 2 is 1.53 bits per heavy atom. The lowest BCUT2D eigenvalue weighted by atomic mass is 9.93. The van der Waals surface area contributed by atoms with Gasteiger partial charge in [-0.2, -0.15) is 0 Å². The molecule has 0 spiro atoms. The van der Waals surface area contributed by atoms with Crippen molar-refractivity contribution in [3.05, 3.63) is 78.0 Å². The molecule has 3 rings (SSSR count). The molecule has 0 aromatic heterocycles. The molecule has 96 valence electrons. The van der Waals surface area contributed by atoms with Crippen LogP contribution in [0.1, 0.15) is 11.1 Å². The van der Waals surface area contributed by atoms with Crippen molar-refractivity contribution in [1.82, 2.24) is 5.06 Å². The van der Waals surface area contributed by atoms with Crippen molar-refractivity contribution in [1.29, 1.82) is 0 Å². The minimum atomic E-state index is -1.43. The first kappa shape index (κ1) is 12.0. The van der Waals surface area contributed by atoms with Crippen LogP contribution in [0.15, 0.2) is 66.9 Å². The molecule has 1 heterocycles. The lowest BCUT2D eigenvalue weighted by molar-refractivity contribution is -0.262. The molecule has 0 radical (unpaired) electrons. The van der Waals surface area contributed by atoms with Gasteiger partial charge < -0.3 is 5.11 Å². The molecule has 2 aromatic rings. The van der Waals surface area contributed by atoms with Crippen LogP contribution >= 0.6 is 0 Å². The molecule has 19 heavy (non-hydrogen) atoms. The van der Waals surface area contributed by atoms with Crippen LogP contribution < -0.4 is 0 Å². The second-order valence-electron chi connectivity index (χ2n) is 4.56. The Morgan fingerprint density at radius 1 is 0.947 bits per heavy atom. The highest BCUT2D eigenvalue weighted by Gasteiger charge is 2.42. The van der Waals surface area contributed by atoms with Crippen LogP contribution in [0.25, 0.3) is 5.57 Å². The fraction of sp³-hybridized carbons (Fsp3) is 0.125. The number of aliphatic hydroxyl groups is 1. The Morgan fingerprint density at radius 3 is 2.16 bits per heavy atom. The summed E-state index contributed by atoms with van der Waals surface area (Å²) in [7, 11) is 1.77. The Kier molecular flexibility index (Phi) is 2.85. The Hall–Kier alpha value is -2.10. The fourth-order valence-electron chi connectivity index (χ4n) is 2.31. The van der Waals surface area contributed by atoms with E-state index in [1.165, 1.54) is 5.06 Å². The molecule has 2 aromatic carbocycles. The first-order chi connectivity index (χ1) is 9.20. The molecule has 3 heteroatoms. The predicted octanol–water partition coefficient (Wildman–Crippen LogP) is 2.75.